The number of rotatable bonds is 9. The molecule has 1 aliphatic carbocycles. The molecule has 2 aromatic carbocycles. The van der Waals surface area contributed by atoms with E-state index in [2.05, 4.69) is 9.80 Å². The minimum absolute atomic E-state index is 0.136. The lowest BCUT2D eigenvalue weighted by Crippen LogP contribution is -2.38. The van der Waals surface area contributed by atoms with E-state index in [9.17, 15) is 4.79 Å². The number of ketones is 1. The Morgan fingerprint density at radius 2 is 1.43 bits per heavy atom. The highest BCUT2D eigenvalue weighted by atomic mass is 16.5. The van der Waals surface area contributed by atoms with Crippen LogP contribution in [0.15, 0.2) is 24.3 Å². The fraction of sp³-hybridized carbons (Fsp3) is 0.500. The molecule has 0 aromatic heterocycles. The van der Waals surface area contributed by atoms with E-state index in [1.54, 1.807) is 13.2 Å². The summed E-state index contributed by atoms with van der Waals surface area (Å²) >= 11 is 0. The second-order valence-electron chi connectivity index (χ2n) is 8.85. The van der Waals surface area contributed by atoms with E-state index < -0.39 is 0 Å². The highest BCUT2D eigenvalue weighted by Crippen LogP contribution is 2.51. The van der Waals surface area contributed by atoms with Crippen LogP contribution in [-0.2, 0) is 9.47 Å². The fourth-order valence-corrected chi connectivity index (χ4v) is 4.87. The molecule has 0 bridgehead atoms. The van der Waals surface area contributed by atoms with Gasteiger partial charge in [-0.3, -0.25) is 14.6 Å². The van der Waals surface area contributed by atoms with E-state index >= 15 is 0 Å². The number of benzene rings is 2. The number of fused-ring (bicyclic) bond motifs is 3. The summed E-state index contributed by atoms with van der Waals surface area (Å²) in [5, 5.41) is 0. The number of hydrogen-bond acceptors (Lipinski definition) is 9. The molecule has 2 fully saturated rings. The summed E-state index contributed by atoms with van der Waals surface area (Å²) in [5.41, 5.74) is 9.23. The van der Waals surface area contributed by atoms with E-state index in [0.29, 0.717) is 52.8 Å². The van der Waals surface area contributed by atoms with Crippen molar-refractivity contribution in [2.45, 2.75) is 0 Å². The summed E-state index contributed by atoms with van der Waals surface area (Å²) < 4.78 is 28.7. The normalized spacial score (nSPS) is 18.3. The molecule has 9 nitrogen and oxygen atoms in total. The van der Waals surface area contributed by atoms with Crippen LogP contribution in [0.5, 0.6) is 17.2 Å². The molecule has 0 atom stereocenters. The molecule has 2 aromatic rings. The lowest BCUT2D eigenvalue weighted by atomic mass is 10.0. The van der Waals surface area contributed by atoms with E-state index in [1.807, 2.05) is 18.2 Å². The van der Waals surface area contributed by atoms with Gasteiger partial charge in [0, 0.05) is 62.0 Å². The van der Waals surface area contributed by atoms with Crippen molar-refractivity contribution in [1.82, 2.24) is 9.80 Å². The van der Waals surface area contributed by atoms with Gasteiger partial charge >= 0.3 is 0 Å². The lowest BCUT2D eigenvalue weighted by molar-refractivity contribution is 0.0322. The van der Waals surface area contributed by atoms with Crippen LogP contribution in [-0.4, -0.2) is 102 Å². The Bertz CT molecular complexity index is 1060. The van der Waals surface area contributed by atoms with Crippen LogP contribution in [0.4, 0.5) is 5.69 Å². The predicted octanol–water partition coefficient (Wildman–Crippen LogP) is 1.91. The topological polar surface area (TPSA) is 95.7 Å². The Hall–Kier alpha value is -2.85. The molecule has 0 unspecified atom stereocenters. The summed E-state index contributed by atoms with van der Waals surface area (Å²) in [5.74, 6) is 1.53. The van der Waals surface area contributed by atoms with Crippen LogP contribution < -0.4 is 19.9 Å². The molecular formula is C26H33N3O6. The monoisotopic (exact) mass is 483 g/mol. The smallest absolute Gasteiger partial charge is 0.196 e. The highest BCUT2D eigenvalue weighted by molar-refractivity contribution is 6.26. The quantitative estimate of drug-likeness (QED) is 0.458. The summed E-state index contributed by atoms with van der Waals surface area (Å²) in [4.78, 5) is 18.0. The van der Waals surface area contributed by atoms with Crippen molar-refractivity contribution in [2.75, 3.05) is 91.8 Å². The second-order valence-corrected chi connectivity index (χ2v) is 8.85. The number of anilines is 1. The van der Waals surface area contributed by atoms with Crippen LogP contribution in [0.2, 0.25) is 0 Å². The highest BCUT2D eigenvalue weighted by Gasteiger charge is 2.36. The maximum absolute atomic E-state index is 13.4. The van der Waals surface area contributed by atoms with E-state index in [-0.39, 0.29) is 5.78 Å². The first kappa shape index (κ1) is 23.9. The zero-order valence-corrected chi connectivity index (χ0v) is 20.2. The summed E-state index contributed by atoms with van der Waals surface area (Å²) in [6.45, 7) is 9.06. The molecule has 0 amide bonds. The van der Waals surface area contributed by atoms with Gasteiger partial charge in [0.1, 0.15) is 30.5 Å². The second kappa shape index (κ2) is 10.8. The van der Waals surface area contributed by atoms with Gasteiger partial charge in [0.25, 0.3) is 0 Å². The number of carbonyl (C=O) groups is 1. The maximum atomic E-state index is 13.4. The summed E-state index contributed by atoms with van der Waals surface area (Å²) in [7, 11) is 1.59. The van der Waals surface area contributed by atoms with Crippen molar-refractivity contribution in [3.05, 3.63) is 35.4 Å². The van der Waals surface area contributed by atoms with Gasteiger partial charge in [0.2, 0.25) is 0 Å². The third kappa shape index (κ3) is 4.95. The van der Waals surface area contributed by atoms with Crippen LogP contribution in [0, 0.1) is 0 Å². The van der Waals surface area contributed by atoms with Gasteiger partial charge < -0.3 is 29.4 Å². The molecule has 0 spiro atoms. The number of ether oxygens (including phenoxy) is 5. The molecule has 2 saturated heterocycles. The van der Waals surface area contributed by atoms with E-state index in [0.717, 1.165) is 71.3 Å². The van der Waals surface area contributed by atoms with Gasteiger partial charge in [-0.2, -0.15) is 0 Å². The zero-order chi connectivity index (χ0) is 24.2. The molecule has 2 aliphatic heterocycles. The first-order valence-corrected chi connectivity index (χ1v) is 12.2. The van der Waals surface area contributed by atoms with Crippen LogP contribution in [0.3, 0.4) is 0 Å². The number of nitrogen functional groups attached to an aromatic ring is 1. The van der Waals surface area contributed by atoms with Gasteiger partial charge in [0.05, 0.1) is 44.8 Å². The summed E-state index contributed by atoms with van der Waals surface area (Å²) in [6, 6.07) is 7.32. The first-order chi connectivity index (χ1) is 17.2. The Morgan fingerprint density at radius 3 is 2.03 bits per heavy atom. The standard InChI is InChI=1S/C26H33N3O6/c1-31-20-17-21(35-16-10-29-7-13-33-14-8-29)25(27)24-23(20)22-18(26(24)30)3-2-4-19(22)34-15-9-28-5-11-32-12-6-28/h2-4,17H,5-16,27H2,1H3. The number of carbonyl (C=O) groups excluding carboxylic acids is 1. The molecule has 2 heterocycles. The minimum atomic E-state index is -0.136. The number of morpholine rings is 2. The Morgan fingerprint density at radius 1 is 0.829 bits per heavy atom. The summed E-state index contributed by atoms with van der Waals surface area (Å²) in [6.07, 6.45) is 0. The third-order valence-electron chi connectivity index (χ3n) is 6.80. The number of methoxy groups -OCH3 is 1. The third-order valence-corrected chi connectivity index (χ3v) is 6.80. The van der Waals surface area contributed by atoms with Gasteiger partial charge in [-0.1, -0.05) is 12.1 Å². The average molecular weight is 484 g/mol. The van der Waals surface area contributed by atoms with Gasteiger partial charge in [-0.15, -0.1) is 0 Å². The lowest BCUT2D eigenvalue weighted by Gasteiger charge is -2.26. The molecule has 3 aliphatic rings. The van der Waals surface area contributed by atoms with Crippen molar-refractivity contribution in [3.63, 3.8) is 0 Å². The first-order valence-electron chi connectivity index (χ1n) is 12.2. The molecule has 9 heteroatoms. The Labute approximate surface area is 205 Å². The van der Waals surface area contributed by atoms with Crippen molar-refractivity contribution in [2.24, 2.45) is 0 Å². The van der Waals surface area contributed by atoms with Crippen LogP contribution in [0.25, 0.3) is 11.1 Å². The minimum Gasteiger partial charge on any atom is -0.496 e. The molecular weight excluding hydrogens is 450 g/mol. The SMILES string of the molecule is COc1cc(OCCN2CCOCC2)c(N)c2c1-c1c(OCCN3CCOCC3)cccc1C2=O. The van der Waals surface area contributed by atoms with Gasteiger partial charge in [0.15, 0.2) is 5.78 Å². The van der Waals surface area contributed by atoms with E-state index in [1.165, 1.54) is 0 Å². The maximum Gasteiger partial charge on any atom is 0.196 e. The molecule has 0 saturated carbocycles. The number of nitrogens with two attached hydrogens (primary N) is 1. The largest absolute Gasteiger partial charge is 0.496 e. The van der Waals surface area contributed by atoms with Crippen molar-refractivity contribution >= 4 is 11.5 Å². The van der Waals surface area contributed by atoms with Crippen molar-refractivity contribution < 1.29 is 28.5 Å². The molecule has 35 heavy (non-hydrogen) atoms. The zero-order valence-electron chi connectivity index (χ0n) is 20.2. The predicted molar refractivity (Wildman–Crippen MR) is 132 cm³/mol. The number of nitrogens with zero attached hydrogens (tertiary/aromatic N) is 2. The molecule has 0 radical (unpaired) electrons. The van der Waals surface area contributed by atoms with Gasteiger partial charge in [-0.05, 0) is 6.07 Å². The van der Waals surface area contributed by atoms with Crippen molar-refractivity contribution in [1.29, 1.82) is 0 Å². The molecule has 2 N–H and O–H groups in total. The fourth-order valence-electron chi connectivity index (χ4n) is 4.87. The van der Waals surface area contributed by atoms with Crippen molar-refractivity contribution in [3.8, 4) is 28.4 Å². The number of hydrogen-bond donors (Lipinski definition) is 1. The van der Waals surface area contributed by atoms with Crippen LogP contribution >= 0.6 is 0 Å². The van der Waals surface area contributed by atoms with E-state index in [4.69, 9.17) is 29.4 Å². The Balaban J connectivity index is 1.36. The molecule has 5 rings (SSSR count). The van der Waals surface area contributed by atoms with Crippen LogP contribution in [0.1, 0.15) is 15.9 Å². The average Bonchev–Trinajstić information content (AvgIpc) is 3.20. The molecule has 188 valence electrons. The Kier molecular flexibility index (Phi) is 7.38. The van der Waals surface area contributed by atoms with Gasteiger partial charge in [-0.25, -0.2) is 0 Å².